The minimum Gasteiger partial charge on any atom is -0.481 e. The van der Waals surface area contributed by atoms with Gasteiger partial charge in [-0.2, -0.15) is 0 Å². The highest BCUT2D eigenvalue weighted by molar-refractivity contribution is 5.82. The van der Waals surface area contributed by atoms with Crippen LogP contribution in [0.5, 0.6) is 0 Å². The number of benzene rings is 2. The van der Waals surface area contributed by atoms with Crippen molar-refractivity contribution in [2.45, 2.75) is 32.6 Å². The molecule has 8 heteroatoms. The van der Waals surface area contributed by atoms with Gasteiger partial charge < -0.3 is 25.2 Å². The fourth-order valence-electron chi connectivity index (χ4n) is 3.98. The molecule has 2 aromatic carbocycles. The van der Waals surface area contributed by atoms with E-state index in [1.807, 2.05) is 24.3 Å². The highest BCUT2D eigenvalue weighted by atomic mass is 16.5. The standard InChI is InChI=1S/C26H32N2O6/c1-26(2,24(31)27-14-16-33-15-11-23(29)30)12-13-28-25(32)34-17-22-20-9-5-3-7-18(20)19-8-4-6-10-21(19)22/h3-10,22H,11-17H2,1-2H3,(H,27,31)(H,28,32)(H,29,30). The van der Waals surface area contributed by atoms with Crippen molar-refractivity contribution in [2.75, 3.05) is 32.9 Å². The fourth-order valence-corrected chi connectivity index (χ4v) is 3.98. The van der Waals surface area contributed by atoms with Crippen LogP contribution < -0.4 is 10.6 Å². The van der Waals surface area contributed by atoms with Crippen molar-refractivity contribution in [2.24, 2.45) is 5.41 Å². The number of rotatable bonds is 12. The SMILES string of the molecule is CC(C)(CCNC(=O)OCC1c2ccccc2-c2ccccc21)C(=O)NCCOCCC(=O)O. The van der Waals surface area contributed by atoms with E-state index in [2.05, 4.69) is 34.9 Å². The summed E-state index contributed by atoms with van der Waals surface area (Å²) >= 11 is 0. The summed E-state index contributed by atoms with van der Waals surface area (Å²) in [6, 6.07) is 16.3. The first-order chi connectivity index (χ1) is 16.3. The lowest BCUT2D eigenvalue weighted by Gasteiger charge is -2.23. The van der Waals surface area contributed by atoms with Crippen LogP contribution in [0.15, 0.2) is 48.5 Å². The van der Waals surface area contributed by atoms with Gasteiger partial charge in [-0.25, -0.2) is 4.79 Å². The van der Waals surface area contributed by atoms with Crippen molar-refractivity contribution in [1.82, 2.24) is 10.6 Å². The molecule has 0 saturated carbocycles. The van der Waals surface area contributed by atoms with Gasteiger partial charge in [0, 0.05) is 24.4 Å². The molecule has 2 amide bonds. The maximum absolute atomic E-state index is 12.4. The molecule has 1 aliphatic rings. The number of carboxylic acid groups (broad SMARTS) is 1. The summed E-state index contributed by atoms with van der Waals surface area (Å²) in [7, 11) is 0. The zero-order chi connectivity index (χ0) is 24.6. The number of hydrogen-bond donors (Lipinski definition) is 3. The lowest BCUT2D eigenvalue weighted by Crippen LogP contribution is -2.41. The normalized spacial score (nSPS) is 12.5. The number of nitrogens with one attached hydrogen (secondary N) is 2. The van der Waals surface area contributed by atoms with E-state index >= 15 is 0 Å². The van der Waals surface area contributed by atoms with Gasteiger partial charge in [-0.05, 0) is 28.7 Å². The lowest BCUT2D eigenvalue weighted by atomic mass is 9.88. The molecule has 2 aromatic rings. The van der Waals surface area contributed by atoms with Gasteiger partial charge >= 0.3 is 12.1 Å². The molecule has 0 unspecified atom stereocenters. The molecule has 0 bridgehead atoms. The summed E-state index contributed by atoms with van der Waals surface area (Å²) in [6.45, 7) is 4.78. The monoisotopic (exact) mass is 468 g/mol. The number of carbonyl (C=O) groups is 3. The van der Waals surface area contributed by atoms with E-state index in [0.717, 1.165) is 11.1 Å². The average molecular weight is 469 g/mol. The molecule has 0 heterocycles. The summed E-state index contributed by atoms with van der Waals surface area (Å²) in [5.41, 5.74) is 3.96. The molecule has 0 saturated heterocycles. The Kier molecular flexibility index (Phi) is 8.65. The average Bonchev–Trinajstić information content (AvgIpc) is 3.13. The lowest BCUT2D eigenvalue weighted by molar-refractivity contribution is -0.138. The first-order valence-corrected chi connectivity index (χ1v) is 11.5. The van der Waals surface area contributed by atoms with E-state index in [1.165, 1.54) is 11.1 Å². The van der Waals surface area contributed by atoms with E-state index < -0.39 is 17.5 Å². The number of alkyl carbamates (subject to hydrolysis) is 1. The summed E-state index contributed by atoms with van der Waals surface area (Å²) in [5.74, 6) is -1.09. The van der Waals surface area contributed by atoms with Gasteiger partial charge in [0.15, 0.2) is 0 Å². The highest BCUT2D eigenvalue weighted by Gasteiger charge is 2.30. The van der Waals surface area contributed by atoms with Gasteiger partial charge in [0.05, 0.1) is 19.6 Å². The van der Waals surface area contributed by atoms with Crippen molar-refractivity contribution in [3.8, 4) is 11.1 Å². The van der Waals surface area contributed by atoms with E-state index in [1.54, 1.807) is 13.8 Å². The van der Waals surface area contributed by atoms with Crippen LogP contribution in [0.4, 0.5) is 4.79 Å². The maximum Gasteiger partial charge on any atom is 0.407 e. The van der Waals surface area contributed by atoms with Gasteiger partial charge in [-0.3, -0.25) is 9.59 Å². The second-order valence-corrected chi connectivity index (χ2v) is 8.90. The van der Waals surface area contributed by atoms with Crippen molar-refractivity contribution in [3.05, 3.63) is 59.7 Å². The molecule has 1 aliphatic carbocycles. The third-order valence-electron chi connectivity index (χ3n) is 5.97. The van der Waals surface area contributed by atoms with Crippen molar-refractivity contribution in [3.63, 3.8) is 0 Å². The van der Waals surface area contributed by atoms with Crippen molar-refractivity contribution in [1.29, 1.82) is 0 Å². The fraction of sp³-hybridized carbons (Fsp3) is 0.423. The third kappa shape index (κ3) is 6.57. The Hall–Kier alpha value is -3.39. The van der Waals surface area contributed by atoms with E-state index in [0.29, 0.717) is 19.5 Å². The van der Waals surface area contributed by atoms with Gasteiger partial charge in [-0.1, -0.05) is 62.4 Å². The molecule has 0 radical (unpaired) electrons. The van der Waals surface area contributed by atoms with Crippen molar-refractivity contribution >= 4 is 18.0 Å². The number of carboxylic acids is 1. The molecule has 3 N–H and O–H groups in total. The van der Waals surface area contributed by atoms with Crippen LogP contribution in [0.1, 0.15) is 43.7 Å². The van der Waals surface area contributed by atoms with Gasteiger partial charge in [-0.15, -0.1) is 0 Å². The summed E-state index contributed by atoms with van der Waals surface area (Å²) in [6.07, 6.45) is -0.144. The summed E-state index contributed by atoms with van der Waals surface area (Å²) < 4.78 is 10.7. The van der Waals surface area contributed by atoms with Gasteiger partial charge in [0.25, 0.3) is 0 Å². The van der Waals surface area contributed by atoms with Crippen LogP contribution in [0, 0.1) is 5.41 Å². The van der Waals surface area contributed by atoms with Crippen LogP contribution in [0.2, 0.25) is 0 Å². The van der Waals surface area contributed by atoms with E-state index in [-0.39, 0.29) is 38.1 Å². The first-order valence-electron chi connectivity index (χ1n) is 11.5. The van der Waals surface area contributed by atoms with Crippen LogP contribution in [0.3, 0.4) is 0 Å². The molecule has 0 aromatic heterocycles. The quantitative estimate of drug-likeness (QED) is 0.411. The Bertz CT molecular complexity index is 974. The smallest absolute Gasteiger partial charge is 0.407 e. The number of hydrogen-bond acceptors (Lipinski definition) is 5. The number of aliphatic carboxylic acids is 1. The predicted octanol–water partition coefficient (Wildman–Crippen LogP) is 3.55. The number of amides is 2. The first kappa shape index (κ1) is 25.2. The van der Waals surface area contributed by atoms with Crippen LogP contribution in [-0.4, -0.2) is 56.0 Å². The second-order valence-electron chi connectivity index (χ2n) is 8.90. The van der Waals surface area contributed by atoms with Gasteiger partial charge in [0.2, 0.25) is 5.91 Å². The molecule has 34 heavy (non-hydrogen) atoms. The largest absolute Gasteiger partial charge is 0.481 e. The Morgan fingerprint density at radius 3 is 2.15 bits per heavy atom. The Morgan fingerprint density at radius 1 is 0.912 bits per heavy atom. The predicted molar refractivity (Wildman–Crippen MR) is 128 cm³/mol. The number of fused-ring (bicyclic) bond motifs is 3. The Morgan fingerprint density at radius 2 is 1.53 bits per heavy atom. The van der Waals surface area contributed by atoms with Crippen molar-refractivity contribution < 1.29 is 29.0 Å². The minimum atomic E-state index is -0.922. The Labute approximate surface area is 199 Å². The minimum absolute atomic E-state index is 0.00177. The Balaban J connectivity index is 1.39. The third-order valence-corrected chi connectivity index (χ3v) is 5.97. The molecular weight excluding hydrogens is 436 g/mol. The molecule has 0 fully saturated rings. The highest BCUT2D eigenvalue weighted by Crippen LogP contribution is 2.44. The maximum atomic E-state index is 12.4. The number of carbonyl (C=O) groups excluding carboxylic acids is 2. The molecule has 0 spiro atoms. The summed E-state index contributed by atoms with van der Waals surface area (Å²) in [5, 5.41) is 14.1. The molecule has 182 valence electrons. The second kappa shape index (κ2) is 11.7. The van der Waals surface area contributed by atoms with Crippen LogP contribution in [-0.2, 0) is 19.1 Å². The molecule has 3 rings (SSSR count). The molecule has 8 nitrogen and oxygen atoms in total. The zero-order valence-corrected chi connectivity index (χ0v) is 19.6. The van der Waals surface area contributed by atoms with Crippen LogP contribution >= 0.6 is 0 Å². The topological polar surface area (TPSA) is 114 Å². The molecule has 0 aliphatic heterocycles. The number of ether oxygens (including phenoxy) is 2. The summed E-state index contributed by atoms with van der Waals surface area (Å²) in [4.78, 5) is 35.2. The van der Waals surface area contributed by atoms with Crippen LogP contribution in [0.25, 0.3) is 11.1 Å². The van der Waals surface area contributed by atoms with E-state index in [4.69, 9.17) is 14.6 Å². The molecule has 0 atom stereocenters. The van der Waals surface area contributed by atoms with E-state index in [9.17, 15) is 14.4 Å². The zero-order valence-electron chi connectivity index (χ0n) is 19.6. The molecular formula is C26H32N2O6. The van der Waals surface area contributed by atoms with Gasteiger partial charge in [0.1, 0.15) is 6.61 Å².